The molecule has 0 aromatic heterocycles. The van der Waals surface area contributed by atoms with E-state index in [0.29, 0.717) is 18.7 Å². The maximum atomic E-state index is 12.8. The van der Waals surface area contributed by atoms with Crippen molar-refractivity contribution in [2.24, 2.45) is 5.73 Å². The second-order valence-corrected chi connectivity index (χ2v) is 8.95. The lowest BCUT2D eigenvalue weighted by Crippen LogP contribution is -2.40. The third-order valence-corrected chi connectivity index (χ3v) is 6.72. The van der Waals surface area contributed by atoms with Crippen LogP contribution in [0.15, 0.2) is 29.2 Å². The SMILES string of the molecule is CCCN(CCC)S(=O)(=O)c1ccc(C(=O)NC2CCC(N)CC2)cc1.Cl. The number of nitrogens with one attached hydrogen (secondary N) is 1. The molecule has 27 heavy (non-hydrogen) atoms. The molecule has 2 rings (SSSR count). The number of nitrogens with two attached hydrogens (primary N) is 1. The van der Waals surface area contributed by atoms with Crippen LogP contribution in [0, 0.1) is 0 Å². The molecule has 0 spiro atoms. The normalized spacial score (nSPS) is 20.1. The molecule has 0 radical (unpaired) electrons. The lowest BCUT2D eigenvalue weighted by molar-refractivity contribution is 0.0925. The third kappa shape index (κ3) is 6.45. The van der Waals surface area contributed by atoms with Crippen molar-refractivity contribution < 1.29 is 13.2 Å². The van der Waals surface area contributed by atoms with E-state index in [4.69, 9.17) is 5.73 Å². The molecule has 154 valence electrons. The van der Waals surface area contributed by atoms with Gasteiger partial charge in [0.15, 0.2) is 0 Å². The average Bonchev–Trinajstić information content (AvgIpc) is 2.63. The number of hydrogen-bond acceptors (Lipinski definition) is 4. The lowest BCUT2D eigenvalue weighted by Gasteiger charge is -2.26. The van der Waals surface area contributed by atoms with Crippen LogP contribution in [0.2, 0.25) is 0 Å². The highest BCUT2D eigenvalue weighted by Gasteiger charge is 2.24. The van der Waals surface area contributed by atoms with E-state index in [1.165, 1.54) is 16.4 Å². The zero-order valence-corrected chi connectivity index (χ0v) is 17.8. The highest BCUT2D eigenvalue weighted by Crippen LogP contribution is 2.19. The molecular formula is C19H32ClN3O3S. The number of halogens is 1. The fraction of sp³-hybridized carbons (Fsp3) is 0.632. The first-order chi connectivity index (χ1) is 12.4. The molecule has 3 N–H and O–H groups in total. The number of carbonyl (C=O) groups is 1. The highest BCUT2D eigenvalue weighted by molar-refractivity contribution is 7.89. The fourth-order valence-corrected chi connectivity index (χ4v) is 4.93. The van der Waals surface area contributed by atoms with E-state index in [9.17, 15) is 13.2 Å². The van der Waals surface area contributed by atoms with Crippen LogP contribution in [0.25, 0.3) is 0 Å². The molecule has 0 bridgehead atoms. The molecule has 1 aliphatic rings. The number of rotatable bonds is 8. The minimum atomic E-state index is -3.51. The van der Waals surface area contributed by atoms with E-state index in [1.807, 2.05) is 13.8 Å². The number of nitrogens with zero attached hydrogens (tertiary/aromatic N) is 1. The molecule has 0 atom stereocenters. The Morgan fingerprint density at radius 1 is 1.07 bits per heavy atom. The molecule has 1 aliphatic carbocycles. The van der Waals surface area contributed by atoms with Crippen LogP contribution < -0.4 is 11.1 Å². The fourth-order valence-electron chi connectivity index (χ4n) is 3.31. The topological polar surface area (TPSA) is 92.5 Å². The summed E-state index contributed by atoms with van der Waals surface area (Å²) in [6, 6.07) is 6.62. The molecule has 0 unspecified atom stereocenters. The van der Waals surface area contributed by atoms with Gasteiger partial charge in [-0.15, -0.1) is 12.4 Å². The van der Waals surface area contributed by atoms with Crippen molar-refractivity contribution >= 4 is 28.3 Å². The Morgan fingerprint density at radius 2 is 1.59 bits per heavy atom. The van der Waals surface area contributed by atoms with Gasteiger partial charge in [-0.1, -0.05) is 13.8 Å². The van der Waals surface area contributed by atoms with Crippen LogP contribution in [0.3, 0.4) is 0 Å². The van der Waals surface area contributed by atoms with E-state index >= 15 is 0 Å². The minimum absolute atomic E-state index is 0. The first-order valence-electron chi connectivity index (χ1n) is 9.55. The Kier molecular flexibility index (Phi) is 9.73. The van der Waals surface area contributed by atoms with Crippen molar-refractivity contribution in [3.8, 4) is 0 Å². The van der Waals surface area contributed by atoms with Crippen molar-refractivity contribution in [1.82, 2.24) is 9.62 Å². The van der Waals surface area contributed by atoms with E-state index in [2.05, 4.69) is 5.32 Å². The molecule has 1 fully saturated rings. The highest BCUT2D eigenvalue weighted by atomic mass is 35.5. The first-order valence-corrected chi connectivity index (χ1v) is 11.0. The Hall–Kier alpha value is -1.15. The van der Waals surface area contributed by atoms with Gasteiger partial charge in [0.05, 0.1) is 4.90 Å². The van der Waals surface area contributed by atoms with Crippen LogP contribution in [-0.2, 0) is 10.0 Å². The van der Waals surface area contributed by atoms with E-state index in [-0.39, 0.29) is 35.3 Å². The zero-order chi connectivity index (χ0) is 19.2. The van der Waals surface area contributed by atoms with Crippen LogP contribution in [-0.4, -0.2) is 43.8 Å². The van der Waals surface area contributed by atoms with E-state index in [0.717, 1.165) is 38.5 Å². The maximum absolute atomic E-state index is 12.8. The standard InChI is InChI=1S/C19H31N3O3S.ClH/c1-3-13-22(14-4-2)26(24,25)18-11-5-15(6-12-18)19(23)21-17-9-7-16(20)8-10-17;/h5-6,11-12,16-17H,3-4,7-10,13-14,20H2,1-2H3,(H,21,23);1H. The monoisotopic (exact) mass is 417 g/mol. The summed E-state index contributed by atoms with van der Waals surface area (Å²) in [7, 11) is -3.51. The summed E-state index contributed by atoms with van der Waals surface area (Å²) in [5.74, 6) is -0.159. The second-order valence-electron chi connectivity index (χ2n) is 7.01. The number of carbonyl (C=O) groups excluding carboxylic acids is 1. The first kappa shape index (κ1) is 23.9. The molecule has 0 aliphatic heterocycles. The van der Waals surface area contributed by atoms with E-state index in [1.54, 1.807) is 12.1 Å². The van der Waals surface area contributed by atoms with Gasteiger partial charge in [-0.05, 0) is 62.8 Å². The maximum Gasteiger partial charge on any atom is 0.251 e. The Bertz CT molecular complexity index is 681. The predicted molar refractivity (Wildman–Crippen MR) is 111 cm³/mol. The van der Waals surface area contributed by atoms with Crippen molar-refractivity contribution in [1.29, 1.82) is 0 Å². The Morgan fingerprint density at radius 3 is 2.07 bits per heavy atom. The molecule has 0 heterocycles. The Balaban J connectivity index is 0.00000364. The summed E-state index contributed by atoms with van der Waals surface area (Å²) in [6.45, 7) is 4.93. The third-order valence-electron chi connectivity index (χ3n) is 4.81. The summed E-state index contributed by atoms with van der Waals surface area (Å²) in [5, 5.41) is 3.02. The van der Waals surface area contributed by atoms with Crippen LogP contribution >= 0.6 is 12.4 Å². The molecule has 1 saturated carbocycles. The summed E-state index contributed by atoms with van der Waals surface area (Å²) in [5.41, 5.74) is 6.37. The number of benzene rings is 1. The Labute approximate surface area is 169 Å². The zero-order valence-electron chi connectivity index (χ0n) is 16.2. The van der Waals surface area contributed by atoms with E-state index < -0.39 is 10.0 Å². The van der Waals surface area contributed by atoms with Gasteiger partial charge in [-0.2, -0.15) is 4.31 Å². The molecular weight excluding hydrogens is 386 g/mol. The van der Waals surface area contributed by atoms with Crippen molar-refractivity contribution in [2.75, 3.05) is 13.1 Å². The number of amides is 1. The smallest absolute Gasteiger partial charge is 0.251 e. The molecule has 8 heteroatoms. The predicted octanol–water partition coefficient (Wildman–Crippen LogP) is 2.92. The van der Waals surface area contributed by atoms with Crippen LogP contribution in [0.1, 0.15) is 62.7 Å². The average molecular weight is 418 g/mol. The van der Waals surface area contributed by atoms with Gasteiger partial charge in [-0.3, -0.25) is 4.79 Å². The van der Waals surface area contributed by atoms with Crippen molar-refractivity contribution in [3.05, 3.63) is 29.8 Å². The second kappa shape index (κ2) is 11.0. The minimum Gasteiger partial charge on any atom is -0.349 e. The summed E-state index contributed by atoms with van der Waals surface area (Å²) >= 11 is 0. The van der Waals surface area contributed by atoms with Gasteiger partial charge in [0.2, 0.25) is 10.0 Å². The number of sulfonamides is 1. The summed E-state index contributed by atoms with van der Waals surface area (Å²) in [6.07, 6.45) is 5.17. The van der Waals surface area contributed by atoms with Crippen molar-refractivity contribution in [3.63, 3.8) is 0 Å². The largest absolute Gasteiger partial charge is 0.349 e. The van der Waals surface area contributed by atoms with Gasteiger partial charge in [0, 0.05) is 30.7 Å². The van der Waals surface area contributed by atoms with Crippen LogP contribution in [0.5, 0.6) is 0 Å². The van der Waals surface area contributed by atoms with Crippen LogP contribution in [0.4, 0.5) is 0 Å². The quantitative estimate of drug-likeness (QED) is 0.680. The van der Waals surface area contributed by atoms with Gasteiger partial charge < -0.3 is 11.1 Å². The van der Waals surface area contributed by atoms with Gasteiger partial charge in [0.25, 0.3) is 5.91 Å². The molecule has 1 aromatic rings. The van der Waals surface area contributed by atoms with Gasteiger partial charge in [0.1, 0.15) is 0 Å². The number of hydrogen-bond donors (Lipinski definition) is 2. The van der Waals surface area contributed by atoms with Gasteiger partial charge in [-0.25, -0.2) is 8.42 Å². The molecule has 0 saturated heterocycles. The molecule has 6 nitrogen and oxygen atoms in total. The summed E-state index contributed by atoms with van der Waals surface area (Å²) < 4.78 is 27.0. The summed E-state index contributed by atoms with van der Waals surface area (Å²) in [4.78, 5) is 12.6. The van der Waals surface area contributed by atoms with Gasteiger partial charge >= 0.3 is 0 Å². The van der Waals surface area contributed by atoms with Crippen molar-refractivity contribution in [2.45, 2.75) is 69.4 Å². The molecule has 1 amide bonds. The lowest BCUT2D eigenvalue weighted by atomic mass is 9.91. The molecule has 1 aromatic carbocycles.